The van der Waals surface area contributed by atoms with Crippen LogP contribution in [0.3, 0.4) is 0 Å². The third-order valence-corrected chi connectivity index (χ3v) is 5.04. The van der Waals surface area contributed by atoms with Crippen LogP contribution in [0.25, 0.3) is 10.2 Å². The summed E-state index contributed by atoms with van der Waals surface area (Å²) < 4.78 is 1.30. The first-order chi connectivity index (χ1) is 7.43. The average molecular weight is 236 g/mol. The van der Waals surface area contributed by atoms with Crippen molar-refractivity contribution in [1.82, 2.24) is 10.3 Å². The van der Waals surface area contributed by atoms with Crippen molar-refractivity contribution in [3.05, 3.63) is 29.3 Å². The topological polar surface area (TPSA) is 24.9 Å². The van der Waals surface area contributed by atoms with Gasteiger partial charge in [0.1, 0.15) is 5.01 Å². The van der Waals surface area contributed by atoms with Gasteiger partial charge in [0.25, 0.3) is 0 Å². The minimum Gasteiger partial charge on any atom is -0.314 e. The monoisotopic (exact) mass is 236 g/mol. The largest absolute Gasteiger partial charge is 0.314 e. The molecule has 0 radical (unpaired) electrons. The van der Waals surface area contributed by atoms with E-state index in [1.54, 1.807) is 0 Å². The highest BCUT2D eigenvalue weighted by Gasteiger charge is 2.19. The van der Waals surface area contributed by atoms with Gasteiger partial charge in [0.15, 0.2) is 0 Å². The molecule has 0 amide bonds. The number of rotatable bonds is 1. The van der Waals surface area contributed by atoms with Gasteiger partial charge in [-0.15, -0.1) is 23.1 Å². The third kappa shape index (κ3) is 1.89. The molecule has 0 spiro atoms. The second-order valence-corrected chi connectivity index (χ2v) is 5.96. The van der Waals surface area contributed by atoms with Crippen LogP contribution in [0.4, 0.5) is 0 Å². The van der Waals surface area contributed by atoms with Crippen molar-refractivity contribution in [1.29, 1.82) is 0 Å². The molecule has 0 bridgehead atoms. The van der Waals surface area contributed by atoms with Gasteiger partial charge < -0.3 is 5.32 Å². The van der Waals surface area contributed by atoms with Gasteiger partial charge in [-0.25, -0.2) is 4.98 Å². The summed E-state index contributed by atoms with van der Waals surface area (Å²) in [6.07, 6.45) is 0. The summed E-state index contributed by atoms with van der Waals surface area (Å²) in [5.41, 5.74) is 1.14. The summed E-state index contributed by atoms with van der Waals surface area (Å²) in [7, 11) is 0. The highest BCUT2D eigenvalue weighted by molar-refractivity contribution is 7.99. The lowest BCUT2D eigenvalue weighted by atomic mass is 10.3. The zero-order valence-electron chi connectivity index (χ0n) is 8.27. The van der Waals surface area contributed by atoms with E-state index in [0.29, 0.717) is 5.25 Å². The Morgan fingerprint density at radius 2 is 2.27 bits per heavy atom. The van der Waals surface area contributed by atoms with Crippen molar-refractivity contribution in [3.8, 4) is 0 Å². The fourth-order valence-electron chi connectivity index (χ4n) is 1.75. The van der Waals surface area contributed by atoms with Gasteiger partial charge in [-0.3, -0.25) is 0 Å². The summed E-state index contributed by atoms with van der Waals surface area (Å²) in [5, 5.41) is 5.25. The second-order valence-electron chi connectivity index (χ2n) is 3.58. The van der Waals surface area contributed by atoms with E-state index < -0.39 is 0 Å². The van der Waals surface area contributed by atoms with E-state index in [1.165, 1.54) is 15.5 Å². The summed E-state index contributed by atoms with van der Waals surface area (Å²) in [6.45, 7) is 2.19. The molecular formula is C11H12N2S2. The molecule has 1 aliphatic heterocycles. The van der Waals surface area contributed by atoms with E-state index in [2.05, 4.69) is 29.6 Å². The molecule has 3 rings (SSSR count). The quantitative estimate of drug-likeness (QED) is 0.824. The number of thiazole rings is 1. The van der Waals surface area contributed by atoms with Crippen LogP contribution in [0.5, 0.6) is 0 Å². The molecule has 0 aliphatic carbocycles. The minimum absolute atomic E-state index is 0.552. The summed E-state index contributed by atoms with van der Waals surface area (Å²) in [5.74, 6) is 1.20. The van der Waals surface area contributed by atoms with Gasteiger partial charge in [0.05, 0.1) is 15.5 Å². The maximum atomic E-state index is 4.69. The molecule has 1 unspecified atom stereocenters. The molecule has 15 heavy (non-hydrogen) atoms. The smallest absolute Gasteiger partial charge is 0.108 e. The van der Waals surface area contributed by atoms with Crippen molar-refractivity contribution in [2.75, 3.05) is 18.8 Å². The lowest BCUT2D eigenvalue weighted by Gasteiger charge is -2.19. The minimum atomic E-state index is 0.552. The summed E-state index contributed by atoms with van der Waals surface area (Å²) in [4.78, 5) is 4.69. The standard InChI is InChI=1S/C11H12N2S2/c1-2-4-9-8(3-1)13-11(15-9)10-7-12-5-6-14-10/h1-4,10,12H,5-7H2. The van der Waals surface area contributed by atoms with Crippen molar-refractivity contribution in [3.63, 3.8) is 0 Å². The maximum absolute atomic E-state index is 4.69. The number of thioether (sulfide) groups is 1. The zero-order chi connectivity index (χ0) is 10.1. The van der Waals surface area contributed by atoms with E-state index >= 15 is 0 Å². The highest BCUT2D eigenvalue weighted by Crippen LogP contribution is 2.35. The number of aromatic nitrogens is 1. The molecule has 1 saturated heterocycles. The van der Waals surface area contributed by atoms with Gasteiger partial charge in [-0.2, -0.15) is 0 Å². The molecule has 0 saturated carbocycles. The third-order valence-electron chi connectivity index (χ3n) is 2.51. The molecule has 1 aromatic heterocycles. The zero-order valence-corrected chi connectivity index (χ0v) is 9.90. The molecule has 2 heterocycles. The van der Waals surface area contributed by atoms with Gasteiger partial charge in [-0.05, 0) is 12.1 Å². The number of hydrogen-bond acceptors (Lipinski definition) is 4. The van der Waals surface area contributed by atoms with E-state index in [9.17, 15) is 0 Å². The van der Waals surface area contributed by atoms with Crippen LogP contribution in [0.2, 0.25) is 0 Å². The number of para-hydroxylation sites is 1. The molecule has 1 N–H and O–H groups in total. The van der Waals surface area contributed by atoms with E-state index in [-0.39, 0.29) is 0 Å². The molecule has 1 fully saturated rings. The number of hydrogen-bond donors (Lipinski definition) is 1. The molecule has 2 nitrogen and oxygen atoms in total. The predicted molar refractivity (Wildman–Crippen MR) is 67.7 cm³/mol. The maximum Gasteiger partial charge on any atom is 0.108 e. The lowest BCUT2D eigenvalue weighted by molar-refractivity contribution is 0.688. The van der Waals surface area contributed by atoms with Crippen LogP contribution < -0.4 is 5.32 Å². The molecule has 2 aromatic rings. The van der Waals surface area contributed by atoms with Crippen LogP contribution in [-0.2, 0) is 0 Å². The number of nitrogens with one attached hydrogen (secondary N) is 1. The average Bonchev–Trinajstić information content (AvgIpc) is 2.74. The molecule has 1 atom stereocenters. The van der Waals surface area contributed by atoms with Crippen LogP contribution >= 0.6 is 23.1 Å². The Kier molecular flexibility index (Phi) is 2.64. The van der Waals surface area contributed by atoms with Crippen molar-refractivity contribution in [2.24, 2.45) is 0 Å². The van der Waals surface area contributed by atoms with Crippen molar-refractivity contribution >= 4 is 33.3 Å². The Hall–Kier alpha value is -0.580. The Morgan fingerprint density at radius 3 is 3.07 bits per heavy atom. The van der Waals surface area contributed by atoms with Crippen LogP contribution in [0.1, 0.15) is 10.3 Å². The summed E-state index contributed by atoms with van der Waals surface area (Å²) >= 11 is 3.85. The summed E-state index contributed by atoms with van der Waals surface area (Å²) in [6, 6.07) is 8.38. The van der Waals surface area contributed by atoms with Crippen molar-refractivity contribution in [2.45, 2.75) is 5.25 Å². The Labute approximate surface area is 97.1 Å². The predicted octanol–water partition coefficient (Wildman–Crippen LogP) is 2.67. The number of fused-ring (bicyclic) bond motifs is 1. The molecule has 4 heteroatoms. The Bertz CT molecular complexity index is 427. The SMILES string of the molecule is c1ccc2sc(C3CNCCS3)nc2c1. The molecule has 1 aromatic carbocycles. The van der Waals surface area contributed by atoms with Crippen LogP contribution in [-0.4, -0.2) is 23.8 Å². The van der Waals surface area contributed by atoms with Gasteiger partial charge in [-0.1, -0.05) is 12.1 Å². The fraction of sp³-hybridized carbons (Fsp3) is 0.364. The molecular weight excluding hydrogens is 224 g/mol. The number of benzene rings is 1. The fourth-order valence-corrected chi connectivity index (χ4v) is 4.03. The first-order valence-corrected chi connectivity index (χ1v) is 6.98. The Balaban J connectivity index is 1.96. The Morgan fingerprint density at radius 1 is 1.33 bits per heavy atom. The van der Waals surface area contributed by atoms with Gasteiger partial charge in [0.2, 0.25) is 0 Å². The first-order valence-electron chi connectivity index (χ1n) is 5.11. The lowest BCUT2D eigenvalue weighted by Crippen LogP contribution is -2.27. The molecule has 78 valence electrons. The second kappa shape index (κ2) is 4.12. The van der Waals surface area contributed by atoms with E-state index in [1.807, 2.05) is 23.1 Å². The first kappa shape index (κ1) is 9.63. The van der Waals surface area contributed by atoms with Crippen LogP contribution in [0.15, 0.2) is 24.3 Å². The molecule has 1 aliphatic rings. The van der Waals surface area contributed by atoms with E-state index in [4.69, 9.17) is 4.98 Å². The van der Waals surface area contributed by atoms with Gasteiger partial charge in [0, 0.05) is 18.8 Å². The van der Waals surface area contributed by atoms with E-state index in [0.717, 1.165) is 18.6 Å². The van der Waals surface area contributed by atoms with Crippen LogP contribution in [0, 0.1) is 0 Å². The normalized spacial score (nSPS) is 22.0. The number of nitrogens with zero attached hydrogens (tertiary/aromatic N) is 1. The van der Waals surface area contributed by atoms with Gasteiger partial charge >= 0.3 is 0 Å². The highest BCUT2D eigenvalue weighted by atomic mass is 32.2. The van der Waals surface area contributed by atoms with Crippen molar-refractivity contribution < 1.29 is 0 Å².